The van der Waals surface area contributed by atoms with E-state index in [4.69, 9.17) is 9.47 Å². The Hall–Kier alpha value is -0.610. The first-order valence-electron chi connectivity index (χ1n) is 6.18. The predicted molar refractivity (Wildman–Crippen MR) is 60.1 cm³/mol. The molecule has 1 heterocycles. The zero-order valence-electron chi connectivity index (χ0n) is 10.1. The Morgan fingerprint density at radius 3 is 2.62 bits per heavy atom. The van der Waals surface area contributed by atoms with E-state index in [1.165, 1.54) is 0 Å². The number of ether oxygens (including phenoxy) is 2. The normalized spacial score (nSPS) is 25.8. The number of nitrogens with zero attached hydrogens (tertiary/aromatic N) is 1. The quantitative estimate of drug-likeness (QED) is 0.720. The molecule has 0 bridgehead atoms. The maximum Gasteiger partial charge on any atom is 0.254 e. The molecule has 4 heteroatoms. The summed E-state index contributed by atoms with van der Waals surface area (Å²) in [5.41, 5.74) is 0. The van der Waals surface area contributed by atoms with Gasteiger partial charge in [0.05, 0.1) is 19.8 Å². The van der Waals surface area contributed by atoms with Crippen LogP contribution in [-0.2, 0) is 14.3 Å². The van der Waals surface area contributed by atoms with Crippen LogP contribution in [0.15, 0.2) is 0 Å². The van der Waals surface area contributed by atoms with Crippen LogP contribution in [-0.4, -0.2) is 49.3 Å². The summed E-state index contributed by atoms with van der Waals surface area (Å²) in [6.07, 6.45) is 1.92. The molecule has 0 spiro atoms. The topological polar surface area (TPSA) is 38.8 Å². The second kappa shape index (κ2) is 5.15. The molecule has 0 aromatic heterocycles. The zero-order chi connectivity index (χ0) is 11.5. The molecule has 16 heavy (non-hydrogen) atoms. The standard InChI is InChI=1S/C12H21NO3/c1-9(2)7-13(10-3-4-10)12(14)11-8-15-5-6-16-11/h9-11H,3-8H2,1-2H3/t11-/m0/s1. The van der Waals surface area contributed by atoms with Crippen LogP contribution < -0.4 is 0 Å². The number of carbonyl (C=O) groups excluding carboxylic acids is 1. The SMILES string of the molecule is CC(C)CN(C(=O)[C@@H]1COCCO1)C1CC1. The second-order valence-electron chi connectivity index (χ2n) is 5.05. The molecule has 4 nitrogen and oxygen atoms in total. The van der Waals surface area contributed by atoms with E-state index >= 15 is 0 Å². The lowest BCUT2D eigenvalue weighted by Gasteiger charge is -2.30. The second-order valence-corrected chi connectivity index (χ2v) is 5.05. The van der Waals surface area contributed by atoms with E-state index < -0.39 is 0 Å². The van der Waals surface area contributed by atoms with Crippen molar-refractivity contribution in [1.29, 1.82) is 0 Å². The summed E-state index contributed by atoms with van der Waals surface area (Å²) in [7, 11) is 0. The van der Waals surface area contributed by atoms with Gasteiger partial charge in [0.15, 0.2) is 6.10 Å². The van der Waals surface area contributed by atoms with Gasteiger partial charge >= 0.3 is 0 Å². The third-order valence-corrected chi connectivity index (χ3v) is 2.92. The molecular formula is C12H21NO3. The number of hydrogen-bond donors (Lipinski definition) is 0. The monoisotopic (exact) mass is 227 g/mol. The Kier molecular flexibility index (Phi) is 3.82. The Morgan fingerprint density at radius 1 is 1.38 bits per heavy atom. The lowest BCUT2D eigenvalue weighted by atomic mass is 10.2. The van der Waals surface area contributed by atoms with E-state index in [-0.39, 0.29) is 12.0 Å². The van der Waals surface area contributed by atoms with Crippen LogP contribution in [0.5, 0.6) is 0 Å². The van der Waals surface area contributed by atoms with Crippen molar-refractivity contribution in [3.8, 4) is 0 Å². The van der Waals surface area contributed by atoms with Gasteiger partial charge in [-0.15, -0.1) is 0 Å². The third kappa shape index (κ3) is 2.95. The van der Waals surface area contributed by atoms with E-state index in [1.54, 1.807) is 0 Å². The Balaban J connectivity index is 1.92. The number of carbonyl (C=O) groups is 1. The molecule has 2 aliphatic rings. The van der Waals surface area contributed by atoms with Crippen molar-refractivity contribution < 1.29 is 14.3 Å². The van der Waals surface area contributed by atoms with Crippen molar-refractivity contribution in [1.82, 2.24) is 4.90 Å². The lowest BCUT2D eigenvalue weighted by molar-refractivity contribution is -0.159. The molecule has 1 aliphatic heterocycles. The summed E-state index contributed by atoms with van der Waals surface area (Å²) >= 11 is 0. The van der Waals surface area contributed by atoms with Gasteiger partial charge < -0.3 is 14.4 Å². The molecule has 0 radical (unpaired) electrons. The van der Waals surface area contributed by atoms with Crippen molar-refractivity contribution in [2.24, 2.45) is 5.92 Å². The van der Waals surface area contributed by atoms with Crippen LogP contribution in [0.25, 0.3) is 0 Å². The highest BCUT2D eigenvalue weighted by Crippen LogP contribution is 2.28. The third-order valence-electron chi connectivity index (χ3n) is 2.92. The molecule has 1 saturated carbocycles. The van der Waals surface area contributed by atoms with Crippen molar-refractivity contribution >= 4 is 5.91 Å². The van der Waals surface area contributed by atoms with Crippen LogP contribution in [0.1, 0.15) is 26.7 Å². The minimum atomic E-state index is -0.368. The Labute approximate surface area is 96.9 Å². The van der Waals surface area contributed by atoms with E-state index in [9.17, 15) is 4.79 Å². The summed E-state index contributed by atoms with van der Waals surface area (Å²) in [4.78, 5) is 14.2. The van der Waals surface area contributed by atoms with Crippen LogP contribution >= 0.6 is 0 Å². The first kappa shape index (κ1) is 11.9. The summed E-state index contributed by atoms with van der Waals surface area (Å²) in [5, 5.41) is 0. The highest BCUT2D eigenvalue weighted by Gasteiger charge is 2.37. The predicted octanol–water partition coefficient (Wildman–Crippen LogP) is 1.05. The van der Waals surface area contributed by atoms with Crippen molar-refractivity contribution in [3.63, 3.8) is 0 Å². The fraction of sp³-hybridized carbons (Fsp3) is 0.917. The van der Waals surface area contributed by atoms with Crippen molar-refractivity contribution in [2.75, 3.05) is 26.4 Å². The minimum absolute atomic E-state index is 0.121. The molecule has 2 fully saturated rings. The van der Waals surface area contributed by atoms with Gasteiger partial charge in [0.2, 0.25) is 0 Å². The Morgan fingerprint density at radius 2 is 2.12 bits per heavy atom. The van der Waals surface area contributed by atoms with Gasteiger partial charge in [0.25, 0.3) is 5.91 Å². The van der Waals surface area contributed by atoms with Gasteiger partial charge in [0, 0.05) is 12.6 Å². The van der Waals surface area contributed by atoms with Crippen LogP contribution in [0.3, 0.4) is 0 Å². The van der Waals surface area contributed by atoms with Gasteiger partial charge in [-0.3, -0.25) is 4.79 Å². The number of rotatable bonds is 4. The molecule has 1 amide bonds. The van der Waals surface area contributed by atoms with Gasteiger partial charge in [-0.05, 0) is 18.8 Å². The minimum Gasteiger partial charge on any atom is -0.376 e. The molecule has 1 saturated heterocycles. The highest BCUT2D eigenvalue weighted by atomic mass is 16.6. The van der Waals surface area contributed by atoms with Gasteiger partial charge in [-0.25, -0.2) is 0 Å². The van der Waals surface area contributed by atoms with Crippen molar-refractivity contribution in [3.05, 3.63) is 0 Å². The molecule has 0 N–H and O–H groups in total. The molecule has 2 rings (SSSR count). The molecular weight excluding hydrogens is 206 g/mol. The molecule has 0 aromatic rings. The largest absolute Gasteiger partial charge is 0.376 e. The van der Waals surface area contributed by atoms with E-state index in [0.717, 1.165) is 19.4 Å². The number of hydrogen-bond acceptors (Lipinski definition) is 3. The zero-order valence-corrected chi connectivity index (χ0v) is 10.1. The Bertz CT molecular complexity index is 245. The lowest BCUT2D eigenvalue weighted by Crippen LogP contribution is -2.47. The van der Waals surface area contributed by atoms with Gasteiger partial charge in [-0.1, -0.05) is 13.8 Å². The van der Waals surface area contributed by atoms with Crippen LogP contribution in [0, 0.1) is 5.92 Å². The summed E-state index contributed by atoms with van der Waals surface area (Å²) < 4.78 is 10.8. The fourth-order valence-electron chi connectivity index (χ4n) is 2.01. The maximum absolute atomic E-state index is 12.2. The highest BCUT2D eigenvalue weighted by molar-refractivity contribution is 5.81. The average Bonchev–Trinajstić information content (AvgIpc) is 3.10. The van der Waals surface area contributed by atoms with Crippen LogP contribution in [0.4, 0.5) is 0 Å². The first-order valence-corrected chi connectivity index (χ1v) is 6.18. The molecule has 0 aromatic carbocycles. The molecule has 1 atom stereocenters. The summed E-state index contributed by atoms with van der Waals surface area (Å²) in [5.74, 6) is 0.630. The molecule has 0 unspecified atom stereocenters. The van der Waals surface area contributed by atoms with Crippen LogP contribution in [0.2, 0.25) is 0 Å². The maximum atomic E-state index is 12.2. The van der Waals surface area contributed by atoms with E-state index in [1.807, 2.05) is 4.90 Å². The average molecular weight is 227 g/mol. The fourth-order valence-corrected chi connectivity index (χ4v) is 2.01. The molecule has 92 valence electrons. The van der Waals surface area contributed by atoms with Crippen molar-refractivity contribution in [2.45, 2.75) is 38.8 Å². The van der Waals surface area contributed by atoms with E-state index in [0.29, 0.717) is 31.8 Å². The first-order chi connectivity index (χ1) is 7.68. The number of amides is 1. The molecule has 1 aliphatic carbocycles. The smallest absolute Gasteiger partial charge is 0.254 e. The van der Waals surface area contributed by atoms with Gasteiger partial charge in [0.1, 0.15) is 0 Å². The summed E-state index contributed by atoms with van der Waals surface area (Å²) in [6.45, 7) is 6.68. The summed E-state index contributed by atoms with van der Waals surface area (Å²) in [6, 6.07) is 0.459. The van der Waals surface area contributed by atoms with Gasteiger partial charge in [-0.2, -0.15) is 0 Å². The van der Waals surface area contributed by atoms with E-state index in [2.05, 4.69) is 13.8 Å².